The smallest absolute Gasteiger partial charge is 0.134 e. The van der Waals surface area contributed by atoms with Crippen LogP contribution in [-0.4, -0.2) is 11.6 Å². The highest BCUT2D eigenvalue weighted by molar-refractivity contribution is 9.10. The zero-order valence-electron chi connectivity index (χ0n) is 13.6. The van der Waals surface area contributed by atoms with Crippen molar-refractivity contribution in [3.63, 3.8) is 0 Å². The molecule has 0 aliphatic heterocycles. The average molecular weight is 411 g/mol. The van der Waals surface area contributed by atoms with Crippen LogP contribution >= 0.6 is 27.3 Å². The van der Waals surface area contributed by atoms with Crippen LogP contribution in [0, 0.1) is 11.3 Å². The topological polar surface area (TPSA) is 45.9 Å². The number of hydrogen-bond acceptors (Lipinski definition) is 4. The molecule has 3 rings (SSSR count). The van der Waals surface area contributed by atoms with Gasteiger partial charge >= 0.3 is 0 Å². The van der Waals surface area contributed by atoms with E-state index in [9.17, 15) is 5.26 Å². The summed E-state index contributed by atoms with van der Waals surface area (Å²) in [6.45, 7) is 2.55. The molecule has 1 heterocycles. The average Bonchev–Trinajstić information content (AvgIpc) is 3.13. The maximum Gasteiger partial charge on any atom is 0.134 e. The van der Waals surface area contributed by atoms with Crippen molar-refractivity contribution >= 4 is 38.9 Å². The standard InChI is InChI=1S/C20H15BrN2OS/c1-2-24-19-9-8-14(11-17(19)21)10-16(12-22)20-23-18(13-25-20)15-6-4-3-5-7-15/h3-11,13H,2H2,1H3/b16-10-. The molecular weight excluding hydrogens is 396 g/mol. The lowest BCUT2D eigenvalue weighted by Crippen LogP contribution is -1.92. The van der Waals surface area contributed by atoms with Crippen LogP contribution in [0.3, 0.4) is 0 Å². The lowest BCUT2D eigenvalue weighted by molar-refractivity contribution is 0.338. The molecule has 1 aromatic heterocycles. The third-order valence-electron chi connectivity index (χ3n) is 3.49. The molecule has 0 spiro atoms. The molecule has 124 valence electrons. The third kappa shape index (κ3) is 4.16. The van der Waals surface area contributed by atoms with Gasteiger partial charge in [-0.1, -0.05) is 36.4 Å². The van der Waals surface area contributed by atoms with E-state index in [4.69, 9.17) is 4.74 Å². The molecule has 0 N–H and O–H groups in total. The Balaban J connectivity index is 1.90. The van der Waals surface area contributed by atoms with Crippen LogP contribution in [0.5, 0.6) is 5.75 Å². The number of benzene rings is 2. The molecule has 0 aliphatic rings. The molecule has 0 saturated heterocycles. The number of rotatable bonds is 5. The minimum absolute atomic E-state index is 0.545. The van der Waals surface area contributed by atoms with E-state index in [1.807, 2.05) is 66.9 Å². The number of nitrogens with zero attached hydrogens (tertiary/aromatic N) is 2. The first-order valence-electron chi connectivity index (χ1n) is 7.76. The van der Waals surface area contributed by atoms with Gasteiger partial charge in [-0.3, -0.25) is 0 Å². The summed E-state index contributed by atoms with van der Waals surface area (Å²) in [6.07, 6.45) is 1.84. The molecule has 0 atom stereocenters. The molecule has 5 heteroatoms. The summed E-state index contributed by atoms with van der Waals surface area (Å²) in [5.74, 6) is 0.791. The largest absolute Gasteiger partial charge is 0.493 e. The molecule has 0 unspecified atom stereocenters. The summed E-state index contributed by atoms with van der Waals surface area (Å²) in [7, 11) is 0. The first kappa shape index (κ1) is 17.4. The van der Waals surface area contributed by atoms with Gasteiger partial charge < -0.3 is 4.74 Å². The van der Waals surface area contributed by atoms with Gasteiger partial charge in [0.15, 0.2) is 0 Å². The van der Waals surface area contributed by atoms with Crippen molar-refractivity contribution < 1.29 is 4.74 Å². The number of hydrogen-bond donors (Lipinski definition) is 0. The first-order chi connectivity index (χ1) is 12.2. The van der Waals surface area contributed by atoms with E-state index in [0.717, 1.165) is 27.0 Å². The van der Waals surface area contributed by atoms with E-state index < -0.39 is 0 Å². The summed E-state index contributed by atoms with van der Waals surface area (Å²) >= 11 is 4.97. The van der Waals surface area contributed by atoms with E-state index in [1.54, 1.807) is 0 Å². The Morgan fingerprint density at radius 1 is 1.28 bits per heavy atom. The van der Waals surface area contributed by atoms with Crippen molar-refractivity contribution in [1.29, 1.82) is 5.26 Å². The normalized spacial score (nSPS) is 11.2. The van der Waals surface area contributed by atoms with E-state index in [-0.39, 0.29) is 0 Å². The van der Waals surface area contributed by atoms with Gasteiger partial charge in [-0.05, 0) is 46.6 Å². The number of thiazole rings is 1. The van der Waals surface area contributed by atoms with Gasteiger partial charge in [-0.2, -0.15) is 5.26 Å². The molecular formula is C20H15BrN2OS. The van der Waals surface area contributed by atoms with Crippen molar-refractivity contribution in [2.75, 3.05) is 6.61 Å². The van der Waals surface area contributed by atoms with Crippen LogP contribution < -0.4 is 4.74 Å². The molecule has 0 fully saturated rings. The highest BCUT2D eigenvalue weighted by Gasteiger charge is 2.09. The Morgan fingerprint density at radius 2 is 2.08 bits per heavy atom. The van der Waals surface area contributed by atoms with Gasteiger partial charge in [0.2, 0.25) is 0 Å². The second kappa shape index (κ2) is 8.11. The quantitative estimate of drug-likeness (QED) is 0.481. The zero-order chi connectivity index (χ0) is 17.6. The van der Waals surface area contributed by atoms with Gasteiger partial charge in [-0.25, -0.2) is 4.98 Å². The second-order valence-electron chi connectivity index (χ2n) is 5.20. The van der Waals surface area contributed by atoms with Crippen molar-refractivity contribution in [1.82, 2.24) is 4.98 Å². The number of halogens is 1. The Labute approximate surface area is 159 Å². The molecule has 25 heavy (non-hydrogen) atoms. The lowest BCUT2D eigenvalue weighted by Gasteiger charge is -2.06. The molecule has 2 aromatic carbocycles. The third-order valence-corrected chi connectivity index (χ3v) is 4.99. The zero-order valence-corrected chi connectivity index (χ0v) is 16.0. The highest BCUT2D eigenvalue weighted by atomic mass is 79.9. The van der Waals surface area contributed by atoms with Crippen molar-refractivity contribution in [3.8, 4) is 23.1 Å². The monoisotopic (exact) mass is 410 g/mol. The molecule has 0 amide bonds. The maximum absolute atomic E-state index is 9.54. The van der Waals surface area contributed by atoms with Crippen LogP contribution in [-0.2, 0) is 0 Å². The van der Waals surface area contributed by atoms with Crippen LogP contribution in [0.15, 0.2) is 58.4 Å². The van der Waals surface area contributed by atoms with Crippen LogP contribution in [0.4, 0.5) is 0 Å². The van der Waals surface area contributed by atoms with E-state index in [0.29, 0.717) is 17.2 Å². The van der Waals surface area contributed by atoms with E-state index >= 15 is 0 Å². The SMILES string of the molecule is CCOc1ccc(/C=C(/C#N)c2nc(-c3ccccc3)cs2)cc1Br. The summed E-state index contributed by atoms with van der Waals surface area (Å²) in [6, 6.07) is 18.0. The number of ether oxygens (including phenoxy) is 1. The lowest BCUT2D eigenvalue weighted by atomic mass is 10.1. The van der Waals surface area contributed by atoms with Crippen molar-refractivity contribution in [2.45, 2.75) is 6.92 Å². The highest BCUT2D eigenvalue weighted by Crippen LogP contribution is 2.30. The van der Waals surface area contributed by atoms with Crippen molar-refractivity contribution in [2.24, 2.45) is 0 Å². The fourth-order valence-corrected chi connectivity index (χ4v) is 3.63. The van der Waals surface area contributed by atoms with Gasteiger partial charge in [0.05, 0.1) is 22.3 Å². The van der Waals surface area contributed by atoms with Gasteiger partial charge in [-0.15, -0.1) is 11.3 Å². The predicted molar refractivity (Wildman–Crippen MR) is 106 cm³/mol. The minimum Gasteiger partial charge on any atom is -0.493 e. The van der Waals surface area contributed by atoms with Crippen LogP contribution in [0.2, 0.25) is 0 Å². The summed E-state index contributed by atoms with van der Waals surface area (Å²) in [4.78, 5) is 4.61. The van der Waals surface area contributed by atoms with Crippen LogP contribution in [0.1, 0.15) is 17.5 Å². The number of aromatic nitrogens is 1. The molecule has 0 saturated carbocycles. The minimum atomic E-state index is 0.545. The van der Waals surface area contributed by atoms with Gasteiger partial charge in [0.1, 0.15) is 16.8 Å². The molecule has 3 aromatic rings. The fourth-order valence-electron chi connectivity index (χ4n) is 2.33. The maximum atomic E-state index is 9.54. The first-order valence-corrected chi connectivity index (χ1v) is 9.44. The molecule has 3 nitrogen and oxygen atoms in total. The Bertz CT molecular complexity index is 942. The summed E-state index contributed by atoms with van der Waals surface area (Å²) < 4.78 is 6.38. The number of allylic oxidation sites excluding steroid dienone is 1. The Hall–Kier alpha value is -2.42. The van der Waals surface area contributed by atoms with Crippen molar-refractivity contribution in [3.05, 3.63) is 69.0 Å². The predicted octanol–water partition coefficient (Wildman–Crippen LogP) is 6.04. The Morgan fingerprint density at radius 3 is 2.76 bits per heavy atom. The fraction of sp³-hybridized carbons (Fsp3) is 0.100. The molecule has 0 aliphatic carbocycles. The number of nitriles is 1. The van der Waals surface area contributed by atoms with Crippen LogP contribution in [0.25, 0.3) is 22.9 Å². The molecule has 0 bridgehead atoms. The van der Waals surface area contributed by atoms with Gasteiger partial charge in [0, 0.05) is 10.9 Å². The molecule has 0 radical (unpaired) electrons. The second-order valence-corrected chi connectivity index (χ2v) is 6.91. The van der Waals surface area contributed by atoms with E-state index in [2.05, 4.69) is 27.0 Å². The summed E-state index contributed by atoms with van der Waals surface area (Å²) in [5.41, 5.74) is 3.40. The Kier molecular flexibility index (Phi) is 5.64. The van der Waals surface area contributed by atoms with E-state index in [1.165, 1.54) is 11.3 Å². The van der Waals surface area contributed by atoms with Gasteiger partial charge in [0.25, 0.3) is 0 Å². The summed E-state index contributed by atoms with van der Waals surface area (Å²) in [5, 5.41) is 12.2.